The van der Waals surface area contributed by atoms with Crippen molar-refractivity contribution in [2.45, 2.75) is 20.5 Å². The second-order valence-electron chi connectivity index (χ2n) is 8.53. The molecule has 202 valence electrons. The summed E-state index contributed by atoms with van der Waals surface area (Å²) >= 11 is 6.17. The van der Waals surface area contributed by atoms with Crippen LogP contribution in [0.3, 0.4) is 0 Å². The fourth-order valence-corrected chi connectivity index (χ4v) is 4.14. The van der Waals surface area contributed by atoms with Crippen LogP contribution in [0.5, 0.6) is 23.0 Å². The van der Waals surface area contributed by atoms with E-state index in [1.807, 2.05) is 38.1 Å². The Labute approximate surface area is 230 Å². The summed E-state index contributed by atoms with van der Waals surface area (Å²) in [4.78, 5) is 39.7. The first-order valence-corrected chi connectivity index (χ1v) is 12.4. The van der Waals surface area contributed by atoms with Gasteiger partial charge in [0.05, 0.1) is 31.5 Å². The molecule has 39 heavy (non-hydrogen) atoms. The van der Waals surface area contributed by atoms with Gasteiger partial charge in [-0.05, 0) is 43.2 Å². The van der Waals surface area contributed by atoms with Crippen LogP contribution in [0, 0.1) is 6.92 Å². The highest BCUT2D eigenvalue weighted by atomic mass is 35.5. The molecular weight excluding hydrogens is 524 g/mol. The van der Waals surface area contributed by atoms with E-state index in [4.69, 9.17) is 30.5 Å². The molecule has 0 spiro atoms. The molecule has 1 N–H and O–H groups in total. The van der Waals surface area contributed by atoms with Gasteiger partial charge in [-0.15, -0.1) is 0 Å². The quantitative estimate of drug-likeness (QED) is 0.284. The first-order valence-electron chi connectivity index (χ1n) is 12.0. The Bertz CT molecular complexity index is 1450. The zero-order valence-electron chi connectivity index (χ0n) is 21.9. The predicted octanol–water partition coefficient (Wildman–Crippen LogP) is 5.31. The number of rotatable bonds is 9. The molecular formula is C29H27ClN2O7. The first kappa shape index (κ1) is 27.5. The zero-order valence-corrected chi connectivity index (χ0v) is 22.6. The highest BCUT2D eigenvalue weighted by molar-refractivity contribution is 6.39. The minimum absolute atomic E-state index is 0.0644. The average Bonchev–Trinajstić information content (AvgIpc) is 2.92. The van der Waals surface area contributed by atoms with E-state index >= 15 is 0 Å². The minimum Gasteiger partial charge on any atom is -0.495 e. The Morgan fingerprint density at radius 1 is 0.872 bits per heavy atom. The van der Waals surface area contributed by atoms with E-state index in [1.54, 1.807) is 18.2 Å². The molecule has 1 heterocycles. The number of ether oxygens (including phenoxy) is 4. The summed E-state index contributed by atoms with van der Waals surface area (Å²) < 4.78 is 22.3. The molecule has 0 atom stereocenters. The fraction of sp³-hybridized carbons (Fsp3) is 0.207. The lowest BCUT2D eigenvalue weighted by Gasteiger charge is -2.28. The van der Waals surface area contributed by atoms with Crippen LogP contribution in [0.1, 0.15) is 23.6 Å². The third kappa shape index (κ3) is 5.99. The van der Waals surface area contributed by atoms with E-state index in [0.717, 1.165) is 16.0 Å². The summed E-state index contributed by atoms with van der Waals surface area (Å²) in [5.74, 6) is -0.360. The zero-order chi connectivity index (χ0) is 28.1. The fourth-order valence-electron chi connectivity index (χ4n) is 3.91. The number of halogens is 1. The molecule has 1 aliphatic heterocycles. The number of anilines is 1. The van der Waals surface area contributed by atoms with Crippen molar-refractivity contribution in [3.05, 3.63) is 81.9 Å². The Kier molecular flexibility index (Phi) is 8.41. The normalized spacial score (nSPS) is 14.3. The lowest BCUT2D eigenvalue weighted by atomic mass is 10.1. The number of nitrogens with one attached hydrogen (secondary N) is 1. The van der Waals surface area contributed by atoms with Crippen LogP contribution in [0.4, 0.5) is 10.5 Å². The smallest absolute Gasteiger partial charge is 0.336 e. The maximum atomic E-state index is 13.5. The van der Waals surface area contributed by atoms with E-state index < -0.39 is 17.8 Å². The number of urea groups is 1. The van der Waals surface area contributed by atoms with Gasteiger partial charge >= 0.3 is 6.03 Å². The number of carbonyl (C=O) groups excluding carboxylic acids is 3. The molecule has 4 amide bonds. The summed E-state index contributed by atoms with van der Waals surface area (Å²) in [5, 5.41) is 2.42. The number of imide groups is 2. The predicted molar refractivity (Wildman–Crippen MR) is 147 cm³/mol. The molecule has 0 aliphatic carbocycles. The average molecular weight is 551 g/mol. The van der Waals surface area contributed by atoms with Crippen LogP contribution >= 0.6 is 11.6 Å². The van der Waals surface area contributed by atoms with Crippen molar-refractivity contribution in [3.8, 4) is 23.0 Å². The van der Waals surface area contributed by atoms with Crippen molar-refractivity contribution in [1.82, 2.24) is 5.32 Å². The van der Waals surface area contributed by atoms with E-state index in [-0.39, 0.29) is 27.8 Å². The van der Waals surface area contributed by atoms with Gasteiger partial charge in [0, 0.05) is 12.1 Å². The van der Waals surface area contributed by atoms with Gasteiger partial charge < -0.3 is 18.9 Å². The molecule has 3 aromatic carbocycles. The van der Waals surface area contributed by atoms with Gasteiger partial charge in [-0.2, -0.15) is 0 Å². The van der Waals surface area contributed by atoms with Crippen molar-refractivity contribution in [1.29, 1.82) is 0 Å². The summed E-state index contributed by atoms with van der Waals surface area (Å²) in [7, 11) is 2.77. The monoisotopic (exact) mass is 550 g/mol. The van der Waals surface area contributed by atoms with E-state index in [2.05, 4.69) is 5.32 Å². The summed E-state index contributed by atoms with van der Waals surface area (Å²) in [6.07, 6.45) is 1.38. The van der Waals surface area contributed by atoms with Crippen molar-refractivity contribution >= 4 is 41.2 Å². The van der Waals surface area contributed by atoms with Crippen LogP contribution < -0.4 is 29.2 Å². The SMILES string of the molecule is CCOc1cc(/C=C2\C(=O)NC(=O)N(c3cc(OC)c(Cl)cc3OC)C2=O)ccc1OCc1ccc(C)cc1. The molecule has 1 fully saturated rings. The Morgan fingerprint density at radius 2 is 1.59 bits per heavy atom. The number of hydrogen-bond acceptors (Lipinski definition) is 7. The highest BCUT2D eigenvalue weighted by Gasteiger charge is 2.38. The van der Waals surface area contributed by atoms with Crippen LogP contribution in [0.15, 0.2) is 60.2 Å². The number of hydrogen-bond donors (Lipinski definition) is 1. The molecule has 0 unspecified atom stereocenters. The number of benzene rings is 3. The second kappa shape index (κ2) is 11.9. The lowest BCUT2D eigenvalue weighted by Crippen LogP contribution is -2.54. The van der Waals surface area contributed by atoms with Crippen molar-refractivity contribution in [2.75, 3.05) is 25.7 Å². The van der Waals surface area contributed by atoms with Crippen LogP contribution in [0.25, 0.3) is 6.08 Å². The van der Waals surface area contributed by atoms with Crippen LogP contribution in [-0.2, 0) is 16.2 Å². The lowest BCUT2D eigenvalue weighted by molar-refractivity contribution is -0.122. The molecule has 3 aromatic rings. The standard InChI is InChI=1S/C29H27ClN2O7/c1-5-38-26-13-19(10-11-23(26)39-16-18-8-6-17(2)7-9-18)12-20-27(33)31-29(35)32(28(20)34)22-15-24(36-3)21(30)14-25(22)37-4/h6-15H,5,16H2,1-4H3,(H,31,33,35)/b20-12+. The van der Waals surface area contributed by atoms with E-state index in [1.165, 1.54) is 32.4 Å². The first-order chi connectivity index (χ1) is 18.7. The van der Waals surface area contributed by atoms with Gasteiger partial charge in [0.1, 0.15) is 23.7 Å². The van der Waals surface area contributed by atoms with Crippen molar-refractivity contribution in [3.63, 3.8) is 0 Å². The van der Waals surface area contributed by atoms with Gasteiger partial charge in [-0.1, -0.05) is 47.5 Å². The number of barbiturate groups is 1. The van der Waals surface area contributed by atoms with Gasteiger partial charge in [-0.25, -0.2) is 9.69 Å². The van der Waals surface area contributed by atoms with Gasteiger partial charge in [0.15, 0.2) is 11.5 Å². The minimum atomic E-state index is -0.931. The summed E-state index contributed by atoms with van der Waals surface area (Å²) in [5.41, 5.74) is 2.45. The molecule has 0 radical (unpaired) electrons. The number of nitrogens with zero attached hydrogens (tertiary/aromatic N) is 1. The molecule has 10 heteroatoms. The van der Waals surface area contributed by atoms with Crippen molar-refractivity contribution in [2.24, 2.45) is 0 Å². The van der Waals surface area contributed by atoms with E-state index in [0.29, 0.717) is 30.3 Å². The van der Waals surface area contributed by atoms with E-state index in [9.17, 15) is 14.4 Å². The van der Waals surface area contributed by atoms with Gasteiger partial charge in [0.25, 0.3) is 11.8 Å². The molecule has 9 nitrogen and oxygen atoms in total. The highest BCUT2D eigenvalue weighted by Crippen LogP contribution is 2.39. The molecule has 4 rings (SSSR count). The Morgan fingerprint density at radius 3 is 2.26 bits per heavy atom. The molecule has 0 aromatic heterocycles. The number of methoxy groups -OCH3 is 2. The van der Waals surface area contributed by atoms with Crippen molar-refractivity contribution < 1.29 is 33.3 Å². The number of amides is 4. The van der Waals surface area contributed by atoms with Crippen LogP contribution in [-0.4, -0.2) is 38.7 Å². The third-order valence-corrected chi connectivity index (χ3v) is 6.18. The van der Waals surface area contributed by atoms with Gasteiger partial charge in [-0.3, -0.25) is 14.9 Å². The summed E-state index contributed by atoms with van der Waals surface area (Å²) in [6.45, 7) is 4.57. The molecule has 0 saturated carbocycles. The Hall–Kier alpha value is -4.50. The largest absolute Gasteiger partial charge is 0.495 e. The molecule has 1 saturated heterocycles. The maximum Gasteiger partial charge on any atom is 0.336 e. The topological polar surface area (TPSA) is 103 Å². The molecule has 1 aliphatic rings. The maximum absolute atomic E-state index is 13.5. The molecule has 0 bridgehead atoms. The van der Waals surface area contributed by atoms with Crippen LogP contribution in [0.2, 0.25) is 5.02 Å². The number of aryl methyl sites for hydroxylation is 1. The second-order valence-corrected chi connectivity index (χ2v) is 8.94. The third-order valence-electron chi connectivity index (χ3n) is 5.89. The summed E-state index contributed by atoms with van der Waals surface area (Å²) in [6, 6.07) is 14.9. The van der Waals surface area contributed by atoms with Gasteiger partial charge in [0.2, 0.25) is 0 Å². The Balaban J connectivity index is 1.66. The number of carbonyl (C=O) groups is 3.